The fraction of sp³-hybridized carbons (Fsp3) is 0.846. The summed E-state index contributed by atoms with van der Waals surface area (Å²) in [7, 11) is 0. The Labute approximate surface area is 117 Å². The lowest BCUT2D eigenvalue weighted by Gasteiger charge is -2.33. The van der Waals surface area contributed by atoms with Gasteiger partial charge in [-0.05, 0) is 38.1 Å². The van der Waals surface area contributed by atoms with Gasteiger partial charge < -0.3 is 15.5 Å². The van der Waals surface area contributed by atoms with E-state index in [4.69, 9.17) is 0 Å². The van der Waals surface area contributed by atoms with E-state index in [0.717, 1.165) is 38.4 Å². The largest absolute Gasteiger partial charge is 0.341 e. The summed E-state index contributed by atoms with van der Waals surface area (Å²) in [6, 6.07) is 0.269. The summed E-state index contributed by atoms with van der Waals surface area (Å²) in [5, 5.41) is 6.27. The van der Waals surface area contributed by atoms with Crippen molar-refractivity contribution in [2.45, 2.75) is 37.8 Å². The molecule has 2 amide bonds. The molecule has 0 aromatic rings. The van der Waals surface area contributed by atoms with Crippen LogP contribution in [-0.4, -0.2) is 53.5 Å². The van der Waals surface area contributed by atoms with Crippen LogP contribution in [0.15, 0.2) is 0 Å². The maximum atomic E-state index is 12.2. The Balaban J connectivity index is 1.41. The Morgan fingerprint density at radius 3 is 2.63 bits per heavy atom. The molecule has 0 aromatic carbocycles. The first-order chi connectivity index (χ1) is 9.22. The predicted molar refractivity (Wildman–Crippen MR) is 75.1 cm³/mol. The lowest BCUT2D eigenvalue weighted by molar-refractivity contribution is -0.133. The number of amides is 2. The molecule has 1 aliphatic carbocycles. The van der Waals surface area contributed by atoms with Gasteiger partial charge in [-0.15, -0.1) is 0 Å². The molecule has 0 aromatic heterocycles. The summed E-state index contributed by atoms with van der Waals surface area (Å²) in [5.74, 6) is 1.58. The number of carbonyl (C=O) groups excluding carboxylic acids is 2. The first kappa shape index (κ1) is 13.2. The van der Waals surface area contributed by atoms with E-state index in [0.29, 0.717) is 11.8 Å². The molecule has 19 heavy (non-hydrogen) atoms. The Morgan fingerprint density at radius 1 is 1.32 bits per heavy atom. The van der Waals surface area contributed by atoms with Crippen LogP contribution in [0, 0.1) is 5.92 Å². The Morgan fingerprint density at radius 2 is 2.05 bits per heavy atom. The molecule has 3 rings (SSSR count). The predicted octanol–water partition coefficient (Wildman–Crippen LogP) is 0.802. The monoisotopic (exact) mass is 283 g/mol. The molecule has 5 nitrogen and oxygen atoms in total. The second-order valence-electron chi connectivity index (χ2n) is 5.75. The van der Waals surface area contributed by atoms with Crippen molar-refractivity contribution in [2.75, 3.05) is 25.4 Å². The van der Waals surface area contributed by atoms with E-state index < -0.39 is 0 Å². The molecule has 6 heteroatoms. The Kier molecular flexibility index (Phi) is 3.98. The molecule has 2 N–H and O–H groups in total. The van der Waals surface area contributed by atoms with Gasteiger partial charge in [0.1, 0.15) is 6.04 Å². The normalized spacial score (nSPS) is 28.5. The fourth-order valence-corrected chi connectivity index (χ4v) is 3.47. The van der Waals surface area contributed by atoms with Crippen LogP contribution >= 0.6 is 11.8 Å². The molecule has 2 aliphatic heterocycles. The van der Waals surface area contributed by atoms with Gasteiger partial charge in [-0.25, -0.2) is 0 Å². The van der Waals surface area contributed by atoms with Crippen molar-refractivity contribution in [2.24, 2.45) is 5.92 Å². The zero-order chi connectivity index (χ0) is 13.2. The van der Waals surface area contributed by atoms with E-state index >= 15 is 0 Å². The SMILES string of the molecule is O=C1N[C@H](C(=O)N2CCC(NCC3CC3)CC2)CS1. The van der Waals surface area contributed by atoms with Crippen molar-refractivity contribution >= 4 is 22.9 Å². The van der Waals surface area contributed by atoms with Crippen LogP contribution in [0.25, 0.3) is 0 Å². The fourth-order valence-electron chi connectivity index (χ4n) is 2.70. The summed E-state index contributed by atoms with van der Waals surface area (Å²) in [6.45, 7) is 2.78. The van der Waals surface area contributed by atoms with Gasteiger partial charge in [0.25, 0.3) is 5.24 Å². The second-order valence-corrected chi connectivity index (χ2v) is 6.74. The Bertz CT molecular complexity index is 365. The highest BCUT2D eigenvalue weighted by atomic mass is 32.2. The molecule has 1 saturated carbocycles. The van der Waals surface area contributed by atoms with Crippen molar-refractivity contribution in [1.29, 1.82) is 0 Å². The van der Waals surface area contributed by atoms with Gasteiger partial charge in [0.05, 0.1) is 0 Å². The smallest absolute Gasteiger partial charge is 0.279 e. The van der Waals surface area contributed by atoms with E-state index in [1.165, 1.54) is 24.6 Å². The van der Waals surface area contributed by atoms with Gasteiger partial charge >= 0.3 is 0 Å². The Hall–Kier alpha value is -0.750. The number of nitrogens with zero attached hydrogens (tertiary/aromatic N) is 1. The average Bonchev–Trinajstić information content (AvgIpc) is 3.17. The molecular formula is C13H21N3O2S. The summed E-state index contributed by atoms with van der Waals surface area (Å²) in [4.78, 5) is 25.2. The minimum absolute atomic E-state index is 0.0701. The van der Waals surface area contributed by atoms with Crippen molar-refractivity contribution in [3.8, 4) is 0 Å². The van der Waals surface area contributed by atoms with E-state index in [1.54, 1.807) is 0 Å². The van der Waals surface area contributed by atoms with Crippen LogP contribution in [0.1, 0.15) is 25.7 Å². The second kappa shape index (κ2) is 5.71. The highest BCUT2D eigenvalue weighted by molar-refractivity contribution is 8.14. The third-order valence-corrected chi connectivity index (χ3v) is 5.05. The topological polar surface area (TPSA) is 61.4 Å². The van der Waals surface area contributed by atoms with E-state index in [-0.39, 0.29) is 17.2 Å². The van der Waals surface area contributed by atoms with E-state index in [9.17, 15) is 9.59 Å². The number of likely N-dealkylation sites (tertiary alicyclic amines) is 1. The number of carbonyl (C=O) groups is 2. The lowest BCUT2D eigenvalue weighted by Crippen LogP contribution is -2.51. The first-order valence-corrected chi connectivity index (χ1v) is 8.16. The van der Waals surface area contributed by atoms with E-state index in [2.05, 4.69) is 10.6 Å². The molecule has 3 aliphatic rings. The maximum absolute atomic E-state index is 12.2. The van der Waals surface area contributed by atoms with Crippen LogP contribution in [0.4, 0.5) is 4.79 Å². The first-order valence-electron chi connectivity index (χ1n) is 7.18. The lowest BCUT2D eigenvalue weighted by atomic mass is 10.0. The molecule has 2 heterocycles. The highest BCUT2D eigenvalue weighted by Crippen LogP contribution is 2.28. The quantitative estimate of drug-likeness (QED) is 0.801. The number of hydrogen-bond acceptors (Lipinski definition) is 4. The van der Waals surface area contributed by atoms with Crippen molar-refractivity contribution in [1.82, 2.24) is 15.5 Å². The van der Waals surface area contributed by atoms with Crippen LogP contribution in [-0.2, 0) is 4.79 Å². The number of thioether (sulfide) groups is 1. The summed E-state index contributed by atoms with van der Waals surface area (Å²) in [5.41, 5.74) is 0. The molecule has 106 valence electrons. The zero-order valence-electron chi connectivity index (χ0n) is 11.1. The molecule has 2 saturated heterocycles. The van der Waals surface area contributed by atoms with Crippen molar-refractivity contribution < 1.29 is 9.59 Å². The molecule has 0 spiro atoms. The highest BCUT2D eigenvalue weighted by Gasteiger charge is 2.33. The van der Waals surface area contributed by atoms with Crippen LogP contribution < -0.4 is 10.6 Å². The van der Waals surface area contributed by atoms with Crippen LogP contribution in [0.5, 0.6) is 0 Å². The summed E-state index contributed by atoms with van der Waals surface area (Å²) >= 11 is 1.21. The molecule has 0 unspecified atom stereocenters. The van der Waals surface area contributed by atoms with Gasteiger partial charge in [-0.3, -0.25) is 9.59 Å². The molecule has 0 radical (unpaired) electrons. The average molecular weight is 283 g/mol. The van der Waals surface area contributed by atoms with Gasteiger partial charge in [-0.1, -0.05) is 11.8 Å². The third-order valence-electron chi connectivity index (χ3n) is 4.17. The molecule has 3 fully saturated rings. The molecule has 1 atom stereocenters. The van der Waals surface area contributed by atoms with Gasteiger partial charge in [0.15, 0.2) is 0 Å². The number of rotatable bonds is 4. The van der Waals surface area contributed by atoms with Crippen molar-refractivity contribution in [3.05, 3.63) is 0 Å². The zero-order valence-corrected chi connectivity index (χ0v) is 11.9. The molecule has 0 bridgehead atoms. The number of nitrogens with one attached hydrogen (secondary N) is 2. The standard InChI is InChI=1S/C13H21N3O2S/c17-12(11-8-19-13(18)15-11)16-5-3-10(4-6-16)14-7-9-1-2-9/h9-11,14H,1-8H2,(H,15,18)/t11-/m0/s1. The van der Waals surface area contributed by atoms with Crippen molar-refractivity contribution in [3.63, 3.8) is 0 Å². The summed E-state index contributed by atoms with van der Waals surface area (Å²) in [6.07, 6.45) is 4.82. The van der Waals surface area contributed by atoms with Crippen LogP contribution in [0.2, 0.25) is 0 Å². The van der Waals surface area contributed by atoms with Gasteiger partial charge in [0, 0.05) is 24.9 Å². The third kappa shape index (κ3) is 3.42. The van der Waals surface area contributed by atoms with Gasteiger partial charge in [0.2, 0.25) is 5.91 Å². The minimum Gasteiger partial charge on any atom is -0.341 e. The minimum atomic E-state index is -0.298. The van der Waals surface area contributed by atoms with Gasteiger partial charge in [-0.2, -0.15) is 0 Å². The van der Waals surface area contributed by atoms with E-state index in [1.807, 2.05) is 4.90 Å². The van der Waals surface area contributed by atoms with Crippen LogP contribution in [0.3, 0.4) is 0 Å². The molecular weight excluding hydrogens is 262 g/mol. The maximum Gasteiger partial charge on any atom is 0.279 e. The number of piperidine rings is 1. The summed E-state index contributed by atoms with van der Waals surface area (Å²) < 4.78 is 0. The number of hydrogen-bond donors (Lipinski definition) is 2.